The lowest BCUT2D eigenvalue weighted by Gasteiger charge is -2.48. The summed E-state index contributed by atoms with van der Waals surface area (Å²) in [7, 11) is 1.39. The van der Waals surface area contributed by atoms with Crippen LogP contribution in [-0.2, 0) is 19.1 Å². The molecule has 3 rings (SSSR count). The molecular weight excluding hydrogens is 332 g/mol. The van der Waals surface area contributed by atoms with Gasteiger partial charge in [0.15, 0.2) is 0 Å². The van der Waals surface area contributed by atoms with Gasteiger partial charge in [-0.25, -0.2) is 0 Å². The molecule has 1 aliphatic heterocycles. The van der Waals surface area contributed by atoms with Crippen molar-refractivity contribution in [3.8, 4) is 0 Å². The first-order chi connectivity index (χ1) is 12.1. The van der Waals surface area contributed by atoms with Crippen LogP contribution in [0.2, 0.25) is 0 Å². The molecule has 2 fully saturated rings. The first-order valence-corrected chi connectivity index (χ1v) is 9.79. The van der Waals surface area contributed by atoms with Crippen LogP contribution < -0.4 is 0 Å². The van der Waals surface area contributed by atoms with Crippen LogP contribution in [0.5, 0.6) is 0 Å². The van der Waals surface area contributed by atoms with Crippen molar-refractivity contribution in [2.75, 3.05) is 7.11 Å². The van der Waals surface area contributed by atoms with Crippen LogP contribution in [0.25, 0.3) is 0 Å². The molecule has 5 atom stereocenters. The van der Waals surface area contributed by atoms with E-state index in [1.165, 1.54) is 19.1 Å². The second-order valence-corrected chi connectivity index (χ2v) is 9.43. The molecule has 1 saturated heterocycles. The third-order valence-corrected chi connectivity index (χ3v) is 6.89. The smallest absolute Gasteiger partial charge is 0.312 e. The minimum absolute atomic E-state index is 0.0182. The average Bonchev–Trinajstić information content (AvgIpc) is 2.86. The van der Waals surface area contributed by atoms with E-state index < -0.39 is 18.1 Å². The summed E-state index contributed by atoms with van der Waals surface area (Å²) in [6, 6.07) is 0. The molecule has 2 aliphatic carbocycles. The van der Waals surface area contributed by atoms with Crippen molar-refractivity contribution in [3.63, 3.8) is 0 Å². The molecule has 146 valence electrons. The van der Waals surface area contributed by atoms with E-state index in [4.69, 9.17) is 9.47 Å². The van der Waals surface area contributed by atoms with Crippen molar-refractivity contribution in [1.82, 2.24) is 0 Å². The van der Waals surface area contributed by atoms with Crippen molar-refractivity contribution in [2.24, 2.45) is 28.6 Å². The van der Waals surface area contributed by atoms with Gasteiger partial charge in [0, 0.05) is 0 Å². The summed E-state index contributed by atoms with van der Waals surface area (Å²) in [5.41, 5.74) is 2.38. The van der Waals surface area contributed by atoms with Gasteiger partial charge in [-0.1, -0.05) is 32.8 Å². The molecule has 3 aliphatic rings. The standard InChI is InChI=1S/C21H32O5/c1-12(17(22)25-5)15-14(21(4)10-6-9-20(2,3)11-21)8-7-13-16(15)19(24)26-18(13)23/h12-13,16,19,24H,6-11H2,1-5H3. The molecule has 26 heavy (non-hydrogen) atoms. The average molecular weight is 364 g/mol. The quantitative estimate of drug-likeness (QED) is 0.612. The van der Waals surface area contributed by atoms with Gasteiger partial charge in [0.25, 0.3) is 0 Å². The summed E-state index contributed by atoms with van der Waals surface area (Å²) in [6.45, 7) is 8.72. The number of carbonyl (C=O) groups is 2. The molecule has 0 radical (unpaired) electrons. The number of cyclic esters (lactones) is 1. The lowest BCUT2D eigenvalue weighted by molar-refractivity contribution is -0.156. The van der Waals surface area contributed by atoms with Gasteiger partial charge in [-0.2, -0.15) is 0 Å². The normalized spacial score (nSPS) is 37.8. The lowest BCUT2D eigenvalue weighted by Crippen LogP contribution is -2.40. The highest BCUT2D eigenvalue weighted by molar-refractivity contribution is 5.80. The zero-order valence-electron chi connectivity index (χ0n) is 16.6. The van der Waals surface area contributed by atoms with Gasteiger partial charge in [-0.15, -0.1) is 0 Å². The van der Waals surface area contributed by atoms with Crippen molar-refractivity contribution in [1.29, 1.82) is 0 Å². The summed E-state index contributed by atoms with van der Waals surface area (Å²) in [6.07, 6.45) is 4.79. The maximum Gasteiger partial charge on any atom is 0.312 e. The number of hydrogen-bond acceptors (Lipinski definition) is 5. The summed E-state index contributed by atoms with van der Waals surface area (Å²) in [5, 5.41) is 10.4. The monoisotopic (exact) mass is 364 g/mol. The Hall–Kier alpha value is -1.36. The predicted molar refractivity (Wildman–Crippen MR) is 96.9 cm³/mol. The third kappa shape index (κ3) is 3.19. The molecular formula is C21H32O5. The van der Waals surface area contributed by atoms with E-state index in [0.717, 1.165) is 31.3 Å². The molecule has 1 heterocycles. The zero-order chi connectivity index (χ0) is 19.3. The maximum atomic E-state index is 12.4. The van der Waals surface area contributed by atoms with Crippen LogP contribution in [0.4, 0.5) is 0 Å². The fourth-order valence-electron chi connectivity index (χ4n) is 5.89. The van der Waals surface area contributed by atoms with Crippen LogP contribution in [0, 0.1) is 28.6 Å². The molecule has 1 N–H and O–H groups in total. The Balaban J connectivity index is 2.10. The summed E-state index contributed by atoms with van der Waals surface area (Å²) in [5.74, 6) is -1.92. The number of allylic oxidation sites excluding steroid dienone is 1. The van der Waals surface area contributed by atoms with E-state index in [1.54, 1.807) is 0 Å². The van der Waals surface area contributed by atoms with Crippen LogP contribution in [-0.4, -0.2) is 30.4 Å². The number of methoxy groups -OCH3 is 1. The Morgan fingerprint density at radius 1 is 1.31 bits per heavy atom. The number of hydrogen-bond donors (Lipinski definition) is 1. The van der Waals surface area contributed by atoms with Gasteiger partial charge in [0.05, 0.1) is 24.9 Å². The van der Waals surface area contributed by atoms with Gasteiger partial charge in [-0.05, 0) is 55.4 Å². The van der Waals surface area contributed by atoms with Crippen LogP contribution in [0.3, 0.4) is 0 Å². The minimum Gasteiger partial charge on any atom is -0.469 e. The van der Waals surface area contributed by atoms with E-state index in [2.05, 4.69) is 20.8 Å². The Labute approximate surface area is 156 Å². The fourth-order valence-corrected chi connectivity index (χ4v) is 5.89. The molecule has 0 aromatic heterocycles. The summed E-state index contributed by atoms with van der Waals surface area (Å²) >= 11 is 0. The van der Waals surface area contributed by atoms with Crippen molar-refractivity contribution < 1.29 is 24.2 Å². The van der Waals surface area contributed by atoms with E-state index in [0.29, 0.717) is 6.42 Å². The highest BCUT2D eigenvalue weighted by atomic mass is 16.6. The van der Waals surface area contributed by atoms with E-state index in [1.807, 2.05) is 6.92 Å². The summed E-state index contributed by atoms with van der Waals surface area (Å²) in [4.78, 5) is 24.6. The third-order valence-electron chi connectivity index (χ3n) is 6.89. The van der Waals surface area contributed by atoms with E-state index >= 15 is 0 Å². The lowest BCUT2D eigenvalue weighted by atomic mass is 9.56. The molecule has 1 saturated carbocycles. The van der Waals surface area contributed by atoms with Crippen molar-refractivity contribution in [3.05, 3.63) is 11.1 Å². The van der Waals surface area contributed by atoms with Crippen molar-refractivity contribution in [2.45, 2.75) is 72.5 Å². The van der Waals surface area contributed by atoms with Gasteiger partial charge in [0.1, 0.15) is 0 Å². The topological polar surface area (TPSA) is 72.8 Å². The SMILES string of the molecule is COC(=O)C(C)C1=C(C2(C)CCCC(C)(C)C2)CCC2C(=O)OC(O)C12. The largest absolute Gasteiger partial charge is 0.469 e. The van der Waals surface area contributed by atoms with Crippen LogP contribution >= 0.6 is 0 Å². The molecule has 0 amide bonds. The van der Waals surface area contributed by atoms with Gasteiger partial charge in [-0.3, -0.25) is 9.59 Å². The Kier molecular flexibility index (Phi) is 4.97. The maximum absolute atomic E-state index is 12.4. The molecule has 5 unspecified atom stereocenters. The number of aliphatic hydroxyl groups is 1. The number of esters is 2. The highest BCUT2D eigenvalue weighted by Crippen LogP contribution is 2.56. The fraction of sp³-hybridized carbons (Fsp3) is 0.810. The van der Waals surface area contributed by atoms with Crippen LogP contribution in [0.1, 0.15) is 66.2 Å². The zero-order valence-corrected chi connectivity index (χ0v) is 16.6. The molecule has 0 aromatic rings. The van der Waals surface area contributed by atoms with E-state index in [-0.39, 0.29) is 28.7 Å². The number of aliphatic hydroxyl groups excluding tert-OH is 1. The Bertz CT molecular complexity index is 634. The molecule has 5 heteroatoms. The van der Waals surface area contributed by atoms with Crippen LogP contribution in [0.15, 0.2) is 11.1 Å². The minimum atomic E-state index is -1.16. The first kappa shape index (κ1) is 19.4. The highest BCUT2D eigenvalue weighted by Gasteiger charge is 2.53. The number of rotatable bonds is 3. The number of fused-ring (bicyclic) bond motifs is 1. The molecule has 0 spiro atoms. The number of carbonyl (C=O) groups excluding carboxylic acids is 2. The van der Waals surface area contributed by atoms with Crippen molar-refractivity contribution >= 4 is 11.9 Å². The van der Waals surface area contributed by atoms with E-state index in [9.17, 15) is 14.7 Å². The number of ether oxygens (including phenoxy) is 2. The van der Waals surface area contributed by atoms with Gasteiger partial charge >= 0.3 is 11.9 Å². The molecule has 0 bridgehead atoms. The molecule has 0 aromatic carbocycles. The second-order valence-electron chi connectivity index (χ2n) is 9.43. The Morgan fingerprint density at radius 2 is 2.00 bits per heavy atom. The summed E-state index contributed by atoms with van der Waals surface area (Å²) < 4.78 is 10.1. The Morgan fingerprint density at radius 3 is 2.62 bits per heavy atom. The first-order valence-electron chi connectivity index (χ1n) is 9.79. The van der Waals surface area contributed by atoms with Gasteiger partial charge < -0.3 is 14.6 Å². The van der Waals surface area contributed by atoms with Gasteiger partial charge in [0.2, 0.25) is 6.29 Å². The second kappa shape index (κ2) is 6.66. The predicted octanol–water partition coefficient (Wildman–Crippen LogP) is 3.60. The molecule has 5 nitrogen and oxygen atoms in total.